The number of nitrogens with one attached hydrogen (secondary N) is 2. The first kappa shape index (κ1) is 20.1. The van der Waals surface area contributed by atoms with Crippen molar-refractivity contribution >= 4 is 44.4 Å². The Labute approximate surface area is 176 Å². The van der Waals surface area contributed by atoms with Crippen LogP contribution in [0.5, 0.6) is 0 Å². The highest BCUT2D eigenvalue weighted by atomic mass is 32.2. The first-order chi connectivity index (χ1) is 14.5. The second kappa shape index (κ2) is 8.29. The smallest absolute Gasteiger partial charge is 0.323 e. The van der Waals surface area contributed by atoms with Crippen molar-refractivity contribution in [3.63, 3.8) is 0 Å². The molecule has 4 aromatic rings. The van der Waals surface area contributed by atoms with E-state index in [1.165, 1.54) is 34.3 Å². The van der Waals surface area contributed by atoms with Gasteiger partial charge in [0.2, 0.25) is 5.91 Å². The highest BCUT2D eigenvalue weighted by Crippen LogP contribution is 2.22. The molecule has 1 amide bonds. The van der Waals surface area contributed by atoms with E-state index in [4.69, 9.17) is 0 Å². The number of halogens is 1. The lowest BCUT2D eigenvalue weighted by Crippen LogP contribution is -2.44. The Kier molecular flexibility index (Phi) is 5.56. The summed E-state index contributed by atoms with van der Waals surface area (Å²) in [5.74, 6) is -1.10. The number of para-hydroxylation sites is 3. The molecule has 0 aliphatic rings. The van der Waals surface area contributed by atoms with Gasteiger partial charge < -0.3 is 5.32 Å². The van der Waals surface area contributed by atoms with E-state index in [0.717, 1.165) is 11.8 Å². The van der Waals surface area contributed by atoms with Crippen LogP contribution in [0.4, 0.5) is 10.1 Å². The summed E-state index contributed by atoms with van der Waals surface area (Å²) in [4.78, 5) is 15.5. The summed E-state index contributed by atoms with van der Waals surface area (Å²) in [6, 6.07) is 20.9. The third-order valence-electron chi connectivity index (χ3n) is 4.32. The number of carbonyl (C=O) groups excluding carboxylic acids is 1. The SMILES string of the molecule is O=C(CSc1[nH]c2ccccc2[n+]1S(=O)(=O)c1ccccc1)Nc1ccccc1F. The van der Waals surface area contributed by atoms with Crippen LogP contribution in [-0.4, -0.2) is 25.1 Å². The molecule has 30 heavy (non-hydrogen) atoms. The molecule has 0 saturated carbocycles. The molecule has 9 heteroatoms. The molecule has 3 aromatic carbocycles. The van der Waals surface area contributed by atoms with E-state index in [1.807, 2.05) is 0 Å². The lowest BCUT2D eigenvalue weighted by atomic mass is 10.3. The summed E-state index contributed by atoms with van der Waals surface area (Å²) in [6.45, 7) is 0. The Morgan fingerprint density at radius 3 is 2.40 bits per heavy atom. The maximum atomic E-state index is 13.7. The lowest BCUT2D eigenvalue weighted by molar-refractivity contribution is -0.526. The van der Waals surface area contributed by atoms with Gasteiger partial charge in [0.05, 0.1) is 11.4 Å². The fourth-order valence-corrected chi connectivity index (χ4v) is 5.53. The molecule has 0 saturated heterocycles. The zero-order chi connectivity index (χ0) is 21.1. The summed E-state index contributed by atoms with van der Waals surface area (Å²) in [7, 11) is -3.89. The Balaban J connectivity index is 1.66. The van der Waals surface area contributed by atoms with E-state index in [0.29, 0.717) is 11.0 Å². The van der Waals surface area contributed by atoms with Crippen LogP contribution in [0.15, 0.2) is 88.9 Å². The van der Waals surface area contributed by atoms with Crippen molar-refractivity contribution in [2.24, 2.45) is 0 Å². The van der Waals surface area contributed by atoms with E-state index in [-0.39, 0.29) is 21.5 Å². The molecule has 1 heterocycles. The average Bonchev–Trinajstić information content (AvgIpc) is 3.14. The van der Waals surface area contributed by atoms with Crippen molar-refractivity contribution in [3.05, 3.63) is 84.7 Å². The number of thioether (sulfide) groups is 1. The van der Waals surface area contributed by atoms with Crippen molar-refractivity contribution < 1.29 is 21.6 Å². The molecular formula is C21H17FN3O3S2+. The number of aromatic amines is 1. The minimum Gasteiger partial charge on any atom is -0.323 e. The van der Waals surface area contributed by atoms with E-state index in [1.54, 1.807) is 48.5 Å². The summed E-state index contributed by atoms with van der Waals surface area (Å²) in [5.41, 5.74) is 1.16. The number of hydrogen-bond acceptors (Lipinski definition) is 4. The van der Waals surface area contributed by atoms with Crippen molar-refractivity contribution in [1.29, 1.82) is 0 Å². The van der Waals surface area contributed by atoms with Gasteiger partial charge in [-0.3, -0.25) is 4.79 Å². The Hall–Kier alpha value is -3.17. The maximum absolute atomic E-state index is 13.7. The summed E-state index contributed by atoms with van der Waals surface area (Å²) in [6.07, 6.45) is 0. The third-order valence-corrected chi connectivity index (χ3v) is 7.13. The van der Waals surface area contributed by atoms with Gasteiger partial charge in [-0.05, 0) is 48.2 Å². The topological polar surface area (TPSA) is 82.9 Å². The molecule has 2 N–H and O–H groups in total. The van der Waals surface area contributed by atoms with Gasteiger partial charge >= 0.3 is 15.2 Å². The number of amides is 1. The predicted octanol–water partition coefficient (Wildman–Crippen LogP) is 3.56. The molecule has 0 radical (unpaired) electrons. The average molecular weight is 443 g/mol. The van der Waals surface area contributed by atoms with Crippen molar-refractivity contribution in [2.45, 2.75) is 10.1 Å². The van der Waals surface area contributed by atoms with Gasteiger partial charge in [0.1, 0.15) is 10.7 Å². The number of rotatable bonds is 6. The molecule has 1 aromatic heterocycles. The number of hydrogen-bond donors (Lipinski definition) is 2. The quantitative estimate of drug-likeness (QED) is 0.353. The third kappa shape index (κ3) is 3.94. The number of benzene rings is 3. The zero-order valence-electron chi connectivity index (χ0n) is 15.6. The highest BCUT2D eigenvalue weighted by Gasteiger charge is 2.31. The van der Waals surface area contributed by atoms with E-state index >= 15 is 0 Å². The second-order valence-electron chi connectivity index (χ2n) is 6.35. The zero-order valence-corrected chi connectivity index (χ0v) is 17.2. The van der Waals surface area contributed by atoms with Crippen molar-refractivity contribution in [1.82, 2.24) is 4.98 Å². The Morgan fingerprint density at radius 2 is 1.63 bits per heavy atom. The molecule has 152 valence electrons. The molecule has 0 unspecified atom stereocenters. The fourth-order valence-electron chi connectivity index (χ4n) is 2.95. The van der Waals surface area contributed by atoms with E-state index in [2.05, 4.69) is 10.3 Å². The van der Waals surface area contributed by atoms with Gasteiger partial charge in [-0.1, -0.05) is 42.5 Å². The molecule has 6 nitrogen and oxygen atoms in total. The molecule has 0 atom stereocenters. The minimum atomic E-state index is -3.89. The summed E-state index contributed by atoms with van der Waals surface area (Å²) < 4.78 is 41.5. The minimum absolute atomic E-state index is 0.0736. The van der Waals surface area contributed by atoms with Crippen LogP contribution in [0, 0.1) is 5.82 Å². The van der Waals surface area contributed by atoms with Crippen molar-refractivity contribution in [3.8, 4) is 0 Å². The van der Waals surface area contributed by atoms with Crippen LogP contribution < -0.4 is 9.29 Å². The van der Waals surface area contributed by atoms with E-state index < -0.39 is 21.7 Å². The number of nitrogens with zero attached hydrogens (tertiary/aromatic N) is 1. The van der Waals surface area contributed by atoms with Crippen LogP contribution in [-0.2, 0) is 14.8 Å². The maximum Gasteiger partial charge on any atom is 0.336 e. The lowest BCUT2D eigenvalue weighted by Gasteiger charge is -2.06. The van der Waals surface area contributed by atoms with Gasteiger partial charge in [-0.25, -0.2) is 9.37 Å². The van der Waals surface area contributed by atoms with Gasteiger partial charge in [0, 0.05) is 0 Å². The van der Waals surface area contributed by atoms with Gasteiger partial charge in [-0.15, -0.1) is 3.97 Å². The number of aromatic nitrogens is 2. The highest BCUT2D eigenvalue weighted by molar-refractivity contribution is 8.00. The number of imidazole rings is 1. The molecule has 0 fully saturated rings. The van der Waals surface area contributed by atoms with Crippen LogP contribution >= 0.6 is 11.8 Å². The van der Waals surface area contributed by atoms with Gasteiger partial charge in [0.15, 0.2) is 11.0 Å². The first-order valence-electron chi connectivity index (χ1n) is 8.97. The Morgan fingerprint density at radius 1 is 0.967 bits per heavy atom. The van der Waals surface area contributed by atoms with Crippen molar-refractivity contribution in [2.75, 3.05) is 11.1 Å². The number of H-pyrrole nitrogens is 1. The molecule has 0 bridgehead atoms. The summed E-state index contributed by atoms with van der Waals surface area (Å²) in [5, 5.41) is 2.78. The van der Waals surface area contributed by atoms with Gasteiger partial charge in [0.25, 0.3) is 0 Å². The summed E-state index contributed by atoms with van der Waals surface area (Å²) >= 11 is 1.02. The normalized spacial score (nSPS) is 11.5. The van der Waals surface area contributed by atoms with Crippen LogP contribution in [0.2, 0.25) is 0 Å². The largest absolute Gasteiger partial charge is 0.336 e. The molecule has 0 aliphatic carbocycles. The molecule has 4 rings (SSSR count). The Bertz CT molecular complexity index is 1320. The standard InChI is InChI=1S/C21H16FN3O3S2/c22-16-10-4-5-11-17(16)23-20(26)14-29-21-24-18-12-6-7-13-19(18)25(21)30(27,28)15-8-2-1-3-9-15/h1-13H,14H2,(H,23,26)/p+1. The number of anilines is 1. The first-order valence-corrected chi connectivity index (χ1v) is 11.4. The predicted molar refractivity (Wildman–Crippen MR) is 113 cm³/mol. The fraction of sp³-hybridized carbons (Fsp3) is 0.0476. The molecule has 0 spiro atoms. The number of carbonyl (C=O) groups is 1. The van der Waals surface area contributed by atoms with Gasteiger partial charge in [-0.2, -0.15) is 8.42 Å². The van der Waals surface area contributed by atoms with Crippen LogP contribution in [0.1, 0.15) is 0 Å². The monoisotopic (exact) mass is 442 g/mol. The van der Waals surface area contributed by atoms with Crippen LogP contribution in [0.25, 0.3) is 11.0 Å². The molecule has 0 aliphatic heterocycles. The number of fused-ring (bicyclic) bond motifs is 1. The van der Waals surface area contributed by atoms with E-state index in [9.17, 15) is 17.6 Å². The second-order valence-corrected chi connectivity index (χ2v) is 9.10. The van der Waals surface area contributed by atoms with Crippen LogP contribution in [0.3, 0.4) is 0 Å². The molecular weight excluding hydrogens is 425 g/mol.